The summed E-state index contributed by atoms with van der Waals surface area (Å²) in [5.41, 5.74) is 0.132. The molecule has 0 bridgehead atoms. The molecular weight excluding hydrogens is 190 g/mol. The molecular formula is C12H21NO2. The van der Waals surface area contributed by atoms with Gasteiger partial charge in [-0.3, -0.25) is 4.79 Å². The monoisotopic (exact) mass is 211 g/mol. The first-order valence-electron chi connectivity index (χ1n) is 6.03. The molecule has 1 saturated carbocycles. The highest BCUT2D eigenvalue weighted by Gasteiger charge is 2.46. The molecule has 2 fully saturated rings. The highest BCUT2D eigenvalue weighted by atomic mass is 16.5. The van der Waals surface area contributed by atoms with Crippen LogP contribution in [0.4, 0.5) is 0 Å². The van der Waals surface area contributed by atoms with Gasteiger partial charge in [0.25, 0.3) is 0 Å². The number of hydrogen-bond acceptors (Lipinski definition) is 3. The van der Waals surface area contributed by atoms with Crippen molar-refractivity contribution in [1.82, 2.24) is 5.32 Å². The van der Waals surface area contributed by atoms with Crippen molar-refractivity contribution in [3.8, 4) is 0 Å². The van der Waals surface area contributed by atoms with Gasteiger partial charge in [-0.25, -0.2) is 0 Å². The molecule has 1 saturated heterocycles. The summed E-state index contributed by atoms with van der Waals surface area (Å²) in [5.74, 6) is 0.926. The molecule has 0 aromatic carbocycles. The lowest BCUT2D eigenvalue weighted by Crippen LogP contribution is -2.34. The summed E-state index contributed by atoms with van der Waals surface area (Å²) in [5, 5.41) is 3.33. The summed E-state index contributed by atoms with van der Waals surface area (Å²) in [7, 11) is 0. The summed E-state index contributed by atoms with van der Waals surface area (Å²) in [4.78, 5) is 11.8. The predicted octanol–water partition coefficient (Wildman–Crippen LogP) is 1.58. The normalized spacial score (nSPS) is 35.5. The van der Waals surface area contributed by atoms with Crippen LogP contribution in [0, 0.1) is 17.3 Å². The molecule has 0 aromatic rings. The van der Waals surface area contributed by atoms with Gasteiger partial charge in [0.15, 0.2) is 0 Å². The second-order valence-electron chi connectivity index (χ2n) is 5.24. The number of ether oxygens (including phenoxy) is 1. The van der Waals surface area contributed by atoms with Gasteiger partial charge in [0, 0.05) is 13.1 Å². The van der Waals surface area contributed by atoms with Crippen LogP contribution in [-0.4, -0.2) is 25.7 Å². The van der Waals surface area contributed by atoms with Gasteiger partial charge in [0.1, 0.15) is 0 Å². The number of nitrogens with one attached hydrogen (secondary N) is 1. The van der Waals surface area contributed by atoms with E-state index in [9.17, 15) is 4.79 Å². The Kier molecular flexibility index (Phi) is 3.01. The predicted molar refractivity (Wildman–Crippen MR) is 58.4 cm³/mol. The minimum Gasteiger partial charge on any atom is -0.466 e. The number of rotatable bonds is 4. The van der Waals surface area contributed by atoms with Gasteiger partial charge in [0.05, 0.1) is 12.5 Å². The smallest absolute Gasteiger partial charge is 0.310 e. The Hall–Kier alpha value is -0.570. The second-order valence-corrected chi connectivity index (χ2v) is 5.24. The van der Waals surface area contributed by atoms with E-state index in [1.54, 1.807) is 0 Å². The molecule has 3 heteroatoms. The quantitative estimate of drug-likeness (QED) is 0.717. The average Bonchev–Trinajstić information content (AvgIpc) is 2.88. The molecule has 0 amide bonds. The lowest BCUT2D eigenvalue weighted by molar-refractivity contribution is -0.150. The Morgan fingerprint density at radius 1 is 1.53 bits per heavy atom. The number of hydrogen-bond donors (Lipinski definition) is 1. The van der Waals surface area contributed by atoms with E-state index in [-0.39, 0.29) is 17.3 Å². The highest BCUT2D eigenvalue weighted by Crippen LogP contribution is 2.45. The van der Waals surface area contributed by atoms with Gasteiger partial charge in [-0.15, -0.1) is 0 Å². The van der Waals surface area contributed by atoms with Crippen LogP contribution in [0.15, 0.2) is 0 Å². The Balaban J connectivity index is 1.98. The summed E-state index contributed by atoms with van der Waals surface area (Å²) in [6.45, 7) is 6.36. The van der Waals surface area contributed by atoms with E-state index < -0.39 is 0 Å². The Labute approximate surface area is 91.6 Å². The van der Waals surface area contributed by atoms with Crippen LogP contribution in [0.25, 0.3) is 0 Å². The molecule has 3 nitrogen and oxygen atoms in total. The zero-order valence-electron chi connectivity index (χ0n) is 9.71. The van der Waals surface area contributed by atoms with Crippen LogP contribution in [-0.2, 0) is 9.53 Å². The van der Waals surface area contributed by atoms with Crippen molar-refractivity contribution in [2.24, 2.45) is 17.3 Å². The lowest BCUT2D eigenvalue weighted by atomic mass is 9.76. The summed E-state index contributed by atoms with van der Waals surface area (Å²) in [6, 6.07) is 0. The number of carbonyl (C=O) groups is 1. The largest absolute Gasteiger partial charge is 0.466 e. The van der Waals surface area contributed by atoms with Crippen molar-refractivity contribution in [2.45, 2.75) is 33.1 Å². The fourth-order valence-corrected chi connectivity index (χ4v) is 2.68. The van der Waals surface area contributed by atoms with Crippen molar-refractivity contribution >= 4 is 5.97 Å². The topological polar surface area (TPSA) is 38.3 Å². The molecule has 1 aliphatic heterocycles. The SMILES string of the molecule is CCOC(=O)C1CNCC1(C)CC1CC1. The van der Waals surface area contributed by atoms with Crippen molar-refractivity contribution in [2.75, 3.05) is 19.7 Å². The van der Waals surface area contributed by atoms with E-state index in [4.69, 9.17) is 4.74 Å². The third kappa shape index (κ3) is 2.33. The summed E-state index contributed by atoms with van der Waals surface area (Å²) in [6.07, 6.45) is 3.89. The van der Waals surface area contributed by atoms with Crippen molar-refractivity contribution in [1.29, 1.82) is 0 Å². The van der Waals surface area contributed by atoms with Crippen LogP contribution < -0.4 is 5.32 Å². The molecule has 2 atom stereocenters. The van der Waals surface area contributed by atoms with E-state index in [2.05, 4.69) is 12.2 Å². The first-order chi connectivity index (χ1) is 7.15. The molecule has 2 rings (SSSR count). The standard InChI is InChI=1S/C12H21NO2/c1-3-15-11(14)10-7-13-8-12(10,2)6-9-4-5-9/h9-10,13H,3-8H2,1-2H3. The third-order valence-electron chi connectivity index (χ3n) is 3.74. The molecule has 2 aliphatic rings. The van der Waals surface area contributed by atoms with Gasteiger partial charge >= 0.3 is 5.97 Å². The molecule has 0 spiro atoms. The molecule has 1 aliphatic carbocycles. The molecule has 1 N–H and O–H groups in total. The Morgan fingerprint density at radius 2 is 2.27 bits per heavy atom. The average molecular weight is 211 g/mol. The zero-order valence-corrected chi connectivity index (χ0v) is 9.71. The minimum absolute atomic E-state index is 0.00866. The van der Waals surface area contributed by atoms with Gasteiger partial charge in [-0.05, 0) is 24.7 Å². The summed E-state index contributed by atoms with van der Waals surface area (Å²) < 4.78 is 5.14. The molecule has 15 heavy (non-hydrogen) atoms. The Bertz CT molecular complexity index is 250. The van der Waals surface area contributed by atoms with E-state index >= 15 is 0 Å². The molecule has 86 valence electrons. The van der Waals surface area contributed by atoms with E-state index in [1.807, 2.05) is 6.92 Å². The van der Waals surface area contributed by atoms with E-state index in [1.165, 1.54) is 19.3 Å². The maximum atomic E-state index is 11.8. The fourth-order valence-electron chi connectivity index (χ4n) is 2.68. The molecule has 2 unspecified atom stereocenters. The molecule has 0 aromatic heterocycles. The number of carbonyl (C=O) groups excluding carboxylic acids is 1. The van der Waals surface area contributed by atoms with Crippen LogP contribution in [0.5, 0.6) is 0 Å². The minimum atomic E-state index is -0.00866. The first kappa shape index (κ1) is 10.9. The zero-order chi connectivity index (χ0) is 10.9. The molecule has 1 heterocycles. The lowest BCUT2D eigenvalue weighted by Gasteiger charge is -2.29. The Morgan fingerprint density at radius 3 is 2.87 bits per heavy atom. The van der Waals surface area contributed by atoms with Crippen LogP contribution in [0.2, 0.25) is 0 Å². The molecule has 0 radical (unpaired) electrons. The van der Waals surface area contributed by atoms with E-state index in [0.717, 1.165) is 19.0 Å². The van der Waals surface area contributed by atoms with Gasteiger partial charge in [-0.1, -0.05) is 19.8 Å². The van der Waals surface area contributed by atoms with Crippen molar-refractivity contribution in [3.63, 3.8) is 0 Å². The van der Waals surface area contributed by atoms with Crippen LogP contribution >= 0.6 is 0 Å². The maximum Gasteiger partial charge on any atom is 0.310 e. The van der Waals surface area contributed by atoms with Gasteiger partial charge in [-0.2, -0.15) is 0 Å². The summed E-state index contributed by atoms with van der Waals surface area (Å²) >= 11 is 0. The van der Waals surface area contributed by atoms with Crippen LogP contribution in [0.3, 0.4) is 0 Å². The van der Waals surface area contributed by atoms with Gasteiger partial charge < -0.3 is 10.1 Å². The third-order valence-corrected chi connectivity index (χ3v) is 3.74. The number of esters is 1. The van der Waals surface area contributed by atoms with Crippen molar-refractivity contribution in [3.05, 3.63) is 0 Å². The van der Waals surface area contributed by atoms with Crippen LogP contribution in [0.1, 0.15) is 33.1 Å². The highest BCUT2D eigenvalue weighted by molar-refractivity contribution is 5.74. The van der Waals surface area contributed by atoms with Gasteiger partial charge in [0.2, 0.25) is 0 Å². The second kappa shape index (κ2) is 4.12. The maximum absolute atomic E-state index is 11.8. The fraction of sp³-hybridized carbons (Fsp3) is 0.917. The van der Waals surface area contributed by atoms with Crippen molar-refractivity contribution < 1.29 is 9.53 Å². The first-order valence-corrected chi connectivity index (χ1v) is 6.03. The van der Waals surface area contributed by atoms with E-state index in [0.29, 0.717) is 6.61 Å².